The molecule has 0 saturated heterocycles. The second-order valence-corrected chi connectivity index (χ2v) is 33.7. The number of furan rings is 5. The predicted molar refractivity (Wildman–Crippen MR) is 526 cm³/mol. The Morgan fingerprint density at radius 3 is 0.824 bits per heavy atom. The van der Waals surface area contributed by atoms with Gasteiger partial charge in [0.25, 0.3) is 0 Å². The molecule has 5 aliphatic rings. The summed E-state index contributed by atoms with van der Waals surface area (Å²) >= 11 is 0. The van der Waals surface area contributed by atoms with E-state index in [1.807, 2.05) is 249 Å². The molecule has 7 atom stereocenters. The number of anilines is 11. The molecule has 18 aromatic rings. The molecule has 15 heteroatoms. The van der Waals surface area contributed by atoms with Crippen LogP contribution in [0.3, 0.4) is 0 Å². The first-order valence-electron chi connectivity index (χ1n) is 49.5. The third-order valence-corrected chi connectivity index (χ3v) is 25.4. The molecule has 0 radical (unpaired) electrons. The monoisotopic (exact) mass is 1670 g/mol. The highest BCUT2D eigenvalue weighted by Crippen LogP contribution is 2.54. The molecule has 0 saturated carbocycles. The van der Waals surface area contributed by atoms with Crippen molar-refractivity contribution in [2.45, 2.75) is 179 Å². The van der Waals surface area contributed by atoms with E-state index in [0.29, 0.717) is 5.69 Å². The van der Waals surface area contributed by atoms with Gasteiger partial charge < -0.3 is 71.1 Å². The maximum Gasteiger partial charge on any atom is 0.159 e. The van der Waals surface area contributed by atoms with Crippen molar-refractivity contribution < 1.29 is 39.9 Å². The molecule has 10 heterocycles. The fourth-order valence-electron chi connectivity index (χ4n) is 19.6. The van der Waals surface area contributed by atoms with Crippen LogP contribution in [0.5, 0.6) is 0 Å². The number of hydrogen-bond acceptors (Lipinski definition) is 15. The summed E-state index contributed by atoms with van der Waals surface area (Å²) < 4.78 is 137. The Bertz CT molecular complexity index is 7650. The predicted octanol–water partition coefficient (Wildman–Crippen LogP) is 29.5. The summed E-state index contributed by atoms with van der Waals surface area (Å²) in [5.41, 5.74) is 24.1. The smallest absolute Gasteiger partial charge is 0.159 e. The van der Waals surface area contributed by atoms with Crippen molar-refractivity contribution in [3.05, 3.63) is 307 Å². The Morgan fingerprint density at radius 1 is 0.256 bits per heavy atom. The standard InChI is InChI=1S/2C24H24N2O.C22H20N2O.2C20H22N2O/c2*1-15(2)25-17(4)26(21-11-7-6-10-20(21)25)23-16(3)13-14-19-18-9-5-8-12-22(18)27-24(19)23;1-14-12-13-17-16-8-4-7-11-20(16)25-22(17)21(14)24-15(2)23(3)18-9-5-6-10-19(18)24;2*1-13(2)21-11-12-22(15(21)4)19-14(3)9-10-17-16-7-5-6-8-18(16)23-20(17)19/h2*5-15,17H,1-4H3;4-13,15H,1-3H3;2*5-13,15H,1-4H3/t2*17-;3*15-/m00000/s1/i1D3,15D;15D;3D3;1D3,13D;13D/t15?,17-;2m;13?,15-;m. The van der Waals surface area contributed by atoms with Crippen LogP contribution < -0.4 is 39.2 Å². The van der Waals surface area contributed by atoms with Crippen LogP contribution in [0.15, 0.2) is 302 Å². The number of para-hydroxylation sites is 11. The number of benzene rings is 13. The van der Waals surface area contributed by atoms with Gasteiger partial charge in [-0.1, -0.05) is 188 Å². The van der Waals surface area contributed by atoms with Crippen LogP contribution in [0, 0.1) is 34.6 Å². The average Bonchev–Trinajstić information content (AvgIpc) is 1.57. The molecule has 0 aliphatic carbocycles. The van der Waals surface area contributed by atoms with E-state index >= 15 is 0 Å². The quantitative estimate of drug-likeness (QED) is 0.137. The Morgan fingerprint density at radius 2 is 0.520 bits per heavy atom. The molecule has 2 unspecified atom stereocenters. The minimum atomic E-state index is -2.48. The SMILES string of the molecule is [2H]C(C)(C)N1C=CN(c2c(C)ccc3c2oc2ccccc23)[C@H]1C.[2H]C(C)(C)N1c2ccccc2N(c2c(C)ccc3c2oc2ccccc23)[C@H]1C.[2H]C([2H])([2H])C([2H])(C)N1C=CN(c2c(C)ccc3c2oc2ccccc23)[C@H]1C.[2H]C([2H])([2H])C([2H])(C)N1c2ccccc2N(c2c(C)ccc3c2oc2ccccc23)[C@H]1C.[2H]C([2H])([2H])N1c2ccccc2N(c2c(C)ccc3c2oc2ccccc23)[C@H]1C. The molecule has 13 aromatic carbocycles. The molecule has 15 nitrogen and oxygen atoms in total. The van der Waals surface area contributed by atoms with Crippen molar-refractivity contribution in [1.29, 1.82) is 0 Å². The third-order valence-electron chi connectivity index (χ3n) is 25.4. The number of rotatable bonds is 9. The number of hydrogen-bond donors (Lipinski definition) is 0. The summed E-state index contributed by atoms with van der Waals surface area (Å²) in [6.45, 7) is 23.8. The lowest BCUT2D eigenvalue weighted by molar-refractivity contribution is 0.263. The first-order valence-corrected chi connectivity index (χ1v) is 43.0. The highest BCUT2D eigenvalue weighted by Gasteiger charge is 2.41. The van der Waals surface area contributed by atoms with Gasteiger partial charge in [0.05, 0.1) is 68.0 Å². The molecule has 5 aliphatic heterocycles. The molecule has 23 rings (SSSR count). The van der Waals surface area contributed by atoms with Crippen LogP contribution in [0.1, 0.15) is 136 Å². The van der Waals surface area contributed by atoms with Crippen molar-refractivity contribution >= 4 is 172 Å². The summed E-state index contributed by atoms with van der Waals surface area (Å²) in [7, 11) is 0. The van der Waals surface area contributed by atoms with Crippen LogP contribution >= 0.6 is 0 Å². The Labute approximate surface area is 751 Å². The number of nitrogens with zero attached hydrogens (tertiary/aromatic N) is 10. The molecular formula is C110H112N10O5. The maximum absolute atomic E-state index is 8.81. The Kier molecular flexibility index (Phi) is 17.2. The Hall–Kier alpha value is -13.7. The van der Waals surface area contributed by atoms with Gasteiger partial charge in [0.2, 0.25) is 0 Å². The van der Waals surface area contributed by atoms with Crippen LogP contribution in [-0.2, 0) is 0 Å². The summed E-state index contributed by atoms with van der Waals surface area (Å²) in [4.78, 5) is 19.7. The maximum atomic E-state index is 8.81. The van der Waals surface area contributed by atoms with Crippen molar-refractivity contribution in [3.63, 3.8) is 0 Å². The van der Waals surface area contributed by atoms with Gasteiger partial charge in [-0.3, -0.25) is 0 Å². The van der Waals surface area contributed by atoms with E-state index in [1.54, 1.807) is 16.0 Å². The van der Waals surface area contributed by atoms with Gasteiger partial charge >= 0.3 is 0 Å². The molecule has 632 valence electrons. The molecule has 0 bridgehead atoms. The largest absolute Gasteiger partial charge is 0.454 e. The molecule has 0 fully saturated rings. The fourth-order valence-corrected chi connectivity index (χ4v) is 19.6. The van der Waals surface area contributed by atoms with Gasteiger partial charge in [0.15, 0.2) is 27.9 Å². The van der Waals surface area contributed by atoms with E-state index in [2.05, 4.69) is 155 Å². The average molecular weight is 1670 g/mol. The molecule has 0 amide bonds. The Balaban J connectivity index is 0.000000110. The fraction of sp³-hybridized carbons (Fsp3) is 0.255. The number of aryl methyl sites for hydroxylation is 5. The van der Waals surface area contributed by atoms with Gasteiger partial charge in [-0.2, -0.15) is 0 Å². The third kappa shape index (κ3) is 13.5. The minimum absolute atomic E-state index is 0.00223. The van der Waals surface area contributed by atoms with Gasteiger partial charge in [-0.05, 0) is 219 Å². The molecule has 5 aromatic heterocycles. The van der Waals surface area contributed by atoms with E-state index in [4.69, 9.17) is 39.9 Å². The highest BCUT2D eigenvalue weighted by molar-refractivity contribution is 6.15. The van der Waals surface area contributed by atoms with Crippen LogP contribution in [0.25, 0.3) is 110 Å². The van der Waals surface area contributed by atoms with Crippen LogP contribution in [-0.4, -0.2) is 71.7 Å². The first kappa shape index (κ1) is 66.9. The van der Waals surface area contributed by atoms with Crippen molar-refractivity contribution in [3.8, 4) is 0 Å². The summed E-state index contributed by atoms with van der Waals surface area (Å²) in [6, 6.07) is 79.9. The van der Waals surface area contributed by atoms with E-state index in [-0.39, 0.29) is 24.7 Å². The lowest BCUT2D eigenvalue weighted by atomic mass is 10.1. The van der Waals surface area contributed by atoms with E-state index < -0.39 is 50.9 Å². The van der Waals surface area contributed by atoms with Gasteiger partial charge in [0.1, 0.15) is 58.7 Å². The van der Waals surface area contributed by atoms with E-state index in [9.17, 15) is 0 Å². The van der Waals surface area contributed by atoms with Crippen molar-refractivity contribution in [2.24, 2.45) is 0 Å². The normalized spacial score (nSPS) is 20.2. The zero-order valence-electron chi connectivity index (χ0n) is 86.5. The topological polar surface area (TPSA) is 98.1 Å². The summed E-state index contributed by atoms with van der Waals surface area (Å²) in [6.07, 6.45) is 6.54. The highest BCUT2D eigenvalue weighted by atomic mass is 16.3. The van der Waals surface area contributed by atoms with Gasteiger partial charge in [-0.25, -0.2) is 0 Å². The molecule has 0 spiro atoms. The molecular weight excluding hydrogens is 1540 g/mol. The van der Waals surface area contributed by atoms with Crippen molar-refractivity contribution in [1.82, 2.24) is 9.80 Å². The number of fused-ring (bicyclic) bond motifs is 18. The zero-order chi connectivity index (χ0) is 98.0. The van der Waals surface area contributed by atoms with Gasteiger partial charge in [-0.15, -0.1) is 0 Å². The molecule has 0 N–H and O–H groups in total. The summed E-state index contributed by atoms with van der Waals surface area (Å²) in [5.74, 6) is 0. The first-order chi connectivity index (χ1) is 65.4. The van der Waals surface area contributed by atoms with Crippen molar-refractivity contribution in [2.75, 3.05) is 46.2 Å². The zero-order valence-corrected chi connectivity index (χ0v) is 73.5. The van der Waals surface area contributed by atoms with E-state index in [1.165, 1.54) is 24.3 Å². The molecule has 125 heavy (non-hydrogen) atoms. The van der Waals surface area contributed by atoms with Crippen LogP contribution in [0.2, 0.25) is 0 Å². The van der Waals surface area contributed by atoms with Crippen LogP contribution in [0.4, 0.5) is 62.6 Å². The van der Waals surface area contributed by atoms with Gasteiger partial charge in [0, 0.05) is 122 Å². The second-order valence-electron chi connectivity index (χ2n) is 33.7. The lowest BCUT2D eigenvalue weighted by Crippen LogP contribution is -2.42. The lowest BCUT2D eigenvalue weighted by Gasteiger charge is -2.33. The van der Waals surface area contributed by atoms with E-state index in [0.717, 1.165) is 189 Å². The second kappa shape index (κ2) is 32.2. The minimum Gasteiger partial charge on any atom is -0.454 e. The summed E-state index contributed by atoms with van der Waals surface area (Å²) in [5, 5.41) is 10.8.